The van der Waals surface area contributed by atoms with Crippen molar-refractivity contribution in [3.8, 4) is 0 Å². The Morgan fingerprint density at radius 1 is 1.12 bits per heavy atom. The topological polar surface area (TPSA) is 69.0 Å². The van der Waals surface area contributed by atoms with E-state index in [9.17, 15) is 13.2 Å². The Balaban J connectivity index is 2.16. The Morgan fingerprint density at radius 2 is 1.83 bits per heavy atom. The maximum atomic E-state index is 13.2. The molecular weight excluding hydrogens is 324 g/mol. The number of pyridine rings is 1. The van der Waals surface area contributed by atoms with E-state index in [1.807, 2.05) is 0 Å². The molecule has 1 aromatic carbocycles. The lowest BCUT2D eigenvalue weighted by molar-refractivity contribution is 0.0967. The molecule has 1 aliphatic carbocycles. The molecule has 0 aliphatic heterocycles. The van der Waals surface area contributed by atoms with Gasteiger partial charge >= 0.3 is 0 Å². The molecule has 0 amide bonds. The standard InChI is InChI=1S/C18H14N2O3S/c1-11-12(2)18(21)16-13-7-3-4-8-14(13)20(17(11)16)24(22,23)15-9-5-6-10-19-15/h3-10,12H,1H2,2H3. The average Bonchev–Trinajstić information content (AvgIpc) is 3.05. The number of hydrogen-bond donors (Lipinski definition) is 0. The summed E-state index contributed by atoms with van der Waals surface area (Å²) < 4.78 is 27.6. The lowest BCUT2D eigenvalue weighted by Crippen LogP contribution is -2.16. The minimum atomic E-state index is -3.93. The fourth-order valence-electron chi connectivity index (χ4n) is 3.17. The number of hydrogen-bond acceptors (Lipinski definition) is 4. The van der Waals surface area contributed by atoms with Crippen LogP contribution in [0.1, 0.15) is 23.0 Å². The van der Waals surface area contributed by atoms with Gasteiger partial charge < -0.3 is 0 Å². The van der Waals surface area contributed by atoms with Gasteiger partial charge in [0.25, 0.3) is 10.0 Å². The molecule has 2 heterocycles. The SMILES string of the molecule is C=C1c2c(c3ccccc3n2S(=O)(=O)c2ccccn2)C(=O)C1C. The summed E-state index contributed by atoms with van der Waals surface area (Å²) in [6.45, 7) is 5.71. The highest BCUT2D eigenvalue weighted by atomic mass is 32.2. The van der Waals surface area contributed by atoms with Gasteiger partial charge in [-0.25, -0.2) is 8.96 Å². The molecule has 120 valence electrons. The number of allylic oxidation sites excluding steroid dienone is 1. The lowest BCUT2D eigenvalue weighted by atomic mass is 10.0. The smallest absolute Gasteiger partial charge is 0.286 e. The maximum absolute atomic E-state index is 13.2. The van der Waals surface area contributed by atoms with E-state index in [0.717, 1.165) is 0 Å². The third kappa shape index (κ3) is 1.77. The summed E-state index contributed by atoms with van der Waals surface area (Å²) in [5, 5.41) is 0.566. The van der Waals surface area contributed by atoms with Crippen LogP contribution in [0, 0.1) is 5.92 Å². The first-order valence-electron chi connectivity index (χ1n) is 7.48. The molecule has 24 heavy (non-hydrogen) atoms. The second-order valence-electron chi connectivity index (χ2n) is 5.79. The Labute approximate surface area is 139 Å². The van der Waals surface area contributed by atoms with Crippen LogP contribution in [0.3, 0.4) is 0 Å². The van der Waals surface area contributed by atoms with Crippen molar-refractivity contribution < 1.29 is 13.2 Å². The Hall–Kier alpha value is -2.73. The number of nitrogens with zero attached hydrogens (tertiary/aromatic N) is 2. The second-order valence-corrected chi connectivity index (χ2v) is 7.52. The highest BCUT2D eigenvalue weighted by Crippen LogP contribution is 2.43. The first-order chi connectivity index (χ1) is 11.4. The highest BCUT2D eigenvalue weighted by molar-refractivity contribution is 7.90. The number of aromatic nitrogens is 2. The minimum absolute atomic E-state index is 0.0617. The molecule has 1 atom stereocenters. The van der Waals surface area contributed by atoms with E-state index in [1.54, 1.807) is 43.3 Å². The van der Waals surface area contributed by atoms with Crippen LogP contribution in [-0.2, 0) is 10.0 Å². The van der Waals surface area contributed by atoms with E-state index in [1.165, 1.54) is 16.2 Å². The van der Waals surface area contributed by atoms with Crippen molar-refractivity contribution in [1.29, 1.82) is 0 Å². The van der Waals surface area contributed by atoms with E-state index in [2.05, 4.69) is 11.6 Å². The van der Waals surface area contributed by atoms with Crippen LogP contribution in [0.4, 0.5) is 0 Å². The van der Waals surface area contributed by atoms with Gasteiger partial charge in [0.1, 0.15) is 0 Å². The molecule has 1 unspecified atom stereocenters. The molecule has 0 bridgehead atoms. The largest absolute Gasteiger partial charge is 0.293 e. The van der Waals surface area contributed by atoms with Gasteiger partial charge in [-0.1, -0.05) is 37.8 Å². The van der Waals surface area contributed by atoms with E-state index in [0.29, 0.717) is 27.7 Å². The summed E-state index contributed by atoms with van der Waals surface area (Å²) >= 11 is 0. The van der Waals surface area contributed by atoms with Gasteiger partial charge in [-0.3, -0.25) is 4.79 Å². The quantitative estimate of drug-likeness (QED) is 0.720. The van der Waals surface area contributed by atoms with Crippen molar-refractivity contribution in [2.24, 2.45) is 5.92 Å². The fraction of sp³-hybridized carbons (Fsp3) is 0.111. The zero-order valence-electron chi connectivity index (χ0n) is 12.9. The van der Waals surface area contributed by atoms with Crippen LogP contribution >= 0.6 is 0 Å². The van der Waals surface area contributed by atoms with Crippen LogP contribution < -0.4 is 0 Å². The average molecular weight is 338 g/mol. The fourth-order valence-corrected chi connectivity index (χ4v) is 4.67. The molecule has 0 spiro atoms. The third-order valence-electron chi connectivity index (χ3n) is 4.44. The molecule has 3 aromatic rings. The first kappa shape index (κ1) is 14.8. The van der Waals surface area contributed by atoms with Gasteiger partial charge in [0, 0.05) is 17.5 Å². The molecule has 0 saturated heterocycles. The molecular formula is C18H14N2O3S. The van der Waals surface area contributed by atoms with Crippen LogP contribution in [0.2, 0.25) is 0 Å². The molecule has 4 rings (SSSR count). The molecule has 6 heteroatoms. The van der Waals surface area contributed by atoms with Gasteiger partial charge in [-0.05, 0) is 23.8 Å². The number of fused-ring (bicyclic) bond motifs is 3. The number of ketones is 1. The number of carbonyl (C=O) groups excluding carboxylic acids is 1. The summed E-state index contributed by atoms with van der Waals surface area (Å²) in [5.74, 6) is -0.522. The van der Waals surface area contributed by atoms with Gasteiger partial charge in [-0.15, -0.1) is 0 Å². The van der Waals surface area contributed by atoms with Crippen molar-refractivity contribution in [2.75, 3.05) is 0 Å². The van der Waals surface area contributed by atoms with E-state index in [4.69, 9.17) is 0 Å². The lowest BCUT2D eigenvalue weighted by Gasteiger charge is -2.12. The zero-order chi connectivity index (χ0) is 17.1. The molecule has 0 saturated carbocycles. The number of Topliss-reactive ketones (excluding diaryl/α,β-unsaturated/α-hetero) is 1. The molecule has 0 N–H and O–H groups in total. The Morgan fingerprint density at radius 3 is 2.54 bits per heavy atom. The summed E-state index contributed by atoms with van der Waals surface area (Å²) in [7, 11) is -3.93. The predicted molar refractivity (Wildman–Crippen MR) is 91.3 cm³/mol. The summed E-state index contributed by atoms with van der Waals surface area (Å²) in [6.07, 6.45) is 1.43. The molecule has 5 nitrogen and oxygen atoms in total. The zero-order valence-corrected chi connectivity index (χ0v) is 13.7. The van der Waals surface area contributed by atoms with Gasteiger partial charge in [0.2, 0.25) is 0 Å². The first-order valence-corrected chi connectivity index (χ1v) is 8.92. The number of para-hydroxylation sites is 1. The normalized spacial score (nSPS) is 17.5. The summed E-state index contributed by atoms with van der Waals surface area (Å²) in [4.78, 5) is 16.6. The van der Waals surface area contributed by atoms with E-state index >= 15 is 0 Å². The monoisotopic (exact) mass is 338 g/mol. The maximum Gasteiger partial charge on any atom is 0.286 e. The molecule has 0 fully saturated rings. The third-order valence-corrected chi connectivity index (χ3v) is 6.07. The van der Waals surface area contributed by atoms with Crippen LogP contribution in [0.5, 0.6) is 0 Å². The van der Waals surface area contributed by atoms with Gasteiger partial charge in [0.15, 0.2) is 10.8 Å². The van der Waals surface area contributed by atoms with Crippen molar-refractivity contribution in [3.05, 3.63) is 66.5 Å². The molecule has 1 aliphatic rings. The summed E-state index contributed by atoms with van der Waals surface area (Å²) in [6, 6.07) is 11.7. The number of carbonyl (C=O) groups is 1. The van der Waals surface area contributed by atoms with Gasteiger partial charge in [-0.2, -0.15) is 8.42 Å². The number of rotatable bonds is 2. The Bertz CT molecular complexity index is 1110. The summed E-state index contributed by atoms with van der Waals surface area (Å²) in [5.41, 5.74) is 1.79. The van der Waals surface area contributed by atoms with Crippen LogP contribution in [0.15, 0.2) is 60.3 Å². The van der Waals surface area contributed by atoms with Gasteiger partial charge in [0.05, 0.1) is 16.8 Å². The number of benzene rings is 1. The van der Waals surface area contributed by atoms with Crippen molar-refractivity contribution in [1.82, 2.24) is 8.96 Å². The second kappa shape index (κ2) is 4.88. The molecule has 2 aromatic heterocycles. The van der Waals surface area contributed by atoms with Crippen molar-refractivity contribution in [2.45, 2.75) is 11.9 Å². The Kier molecular flexibility index (Phi) is 3.02. The molecule has 0 radical (unpaired) electrons. The van der Waals surface area contributed by atoms with Crippen LogP contribution in [-0.4, -0.2) is 23.2 Å². The van der Waals surface area contributed by atoms with Crippen molar-refractivity contribution in [3.63, 3.8) is 0 Å². The van der Waals surface area contributed by atoms with Crippen molar-refractivity contribution >= 4 is 32.3 Å². The van der Waals surface area contributed by atoms with E-state index < -0.39 is 15.9 Å². The minimum Gasteiger partial charge on any atom is -0.293 e. The predicted octanol–water partition coefficient (Wildman–Crippen LogP) is 3.12. The van der Waals surface area contributed by atoms with Crippen LogP contribution in [0.25, 0.3) is 16.5 Å². The highest BCUT2D eigenvalue weighted by Gasteiger charge is 2.39. The van der Waals surface area contributed by atoms with E-state index in [-0.39, 0.29) is 10.8 Å².